The highest BCUT2D eigenvalue weighted by Crippen LogP contribution is 2.21. The van der Waals surface area contributed by atoms with Crippen LogP contribution in [0.3, 0.4) is 0 Å². The maximum absolute atomic E-state index is 12.0. The van der Waals surface area contributed by atoms with Crippen molar-refractivity contribution >= 4 is 11.6 Å². The summed E-state index contributed by atoms with van der Waals surface area (Å²) in [4.78, 5) is 12.0. The number of nitrogens with two attached hydrogens (primary N) is 1. The van der Waals surface area contributed by atoms with E-state index in [0.717, 1.165) is 6.42 Å². The molecule has 0 aliphatic heterocycles. The van der Waals surface area contributed by atoms with Gasteiger partial charge in [0.05, 0.1) is 12.7 Å². The zero-order chi connectivity index (χ0) is 13.5. The summed E-state index contributed by atoms with van der Waals surface area (Å²) in [5, 5.41) is 11.6. The van der Waals surface area contributed by atoms with Gasteiger partial charge in [0.15, 0.2) is 0 Å². The lowest BCUT2D eigenvalue weighted by Gasteiger charge is -2.15. The number of carbonyl (C=O) groups excluding carboxylic acids is 1. The number of aliphatic hydroxyl groups is 1. The van der Waals surface area contributed by atoms with Crippen LogP contribution in [0.15, 0.2) is 18.2 Å². The van der Waals surface area contributed by atoms with Gasteiger partial charge in [0.25, 0.3) is 5.91 Å². The van der Waals surface area contributed by atoms with Gasteiger partial charge in [0.1, 0.15) is 5.75 Å². The van der Waals surface area contributed by atoms with Gasteiger partial charge < -0.3 is 20.9 Å². The lowest BCUT2D eigenvalue weighted by molar-refractivity contribution is 0.0933. The van der Waals surface area contributed by atoms with Gasteiger partial charge in [-0.15, -0.1) is 0 Å². The van der Waals surface area contributed by atoms with Crippen molar-refractivity contribution in [3.05, 3.63) is 23.8 Å². The number of amides is 1. The van der Waals surface area contributed by atoms with Gasteiger partial charge in [-0.05, 0) is 38.0 Å². The van der Waals surface area contributed by atoms with Crippen molar-refractivity contribution in [2.24, 2.45) is 0 Å². The number of hydrogen-bond acceptors (Lipinski definition) is 4. The van der Waals surface area contributed by atoms with Crippen molar-refractivity contribution in [1.29, 1.82) is 0 Å². The average Bonchev–Trinajstić information content (AvgIpc) is 2.36. The summed E-state index contributed by atoms with van der Waals surface area (Å²) in [7, 11) is 1.51. The second kappa shape index (κ2) is 6.86. The second-order valence-electron chi connectivity index (χ2n) is 4.20. The first-order chi connectivity index (χ1) is 8.58. The highest BCUT2D eigenvalue weighted by molar-refractivity contribution is 5.98. The van der Waals surface area contributed by atoms with Gasteiger partial charge in [0.2, 0.25) is 0 Å². The summed E-state index contributed by atoms with van der Waals surface area (Å²) >= 11 is 0. The molecule has 4 N–H and O–H groups in total. The van der Waals surface area contributed by atoms with Gasteiger partial charge in [-0.2, -0.15) is 0 Å². The molecule has 18 heavy (non-hydrogen) atoms. The number of nitrogen functional groups attached to an aromatic ring is 1. The van der Waals surface area contributed by atoms with E-state index in [9.17, 15) is 4.79 Å². The Hall–Kier alpha value is -1.75. The fourth-order valence-corrected chi connectivity index (χ4v) is 1.67. The third-order valence-electron chi connectivity index (χ3n) is 2.64. The lowest BCUT2D eigenvalue weighted by atomic mass is 10.1. The summed E-state index contributed by atoms with van der Waals surface area (Å²) in [6.07, 6.45) is 1.39. The minimum Gasteiger partial charge on any atom is -0.496 e. The Morgan fingerprint density at radius 1 is 1.56 bits per heavy atom. The van der Waals surface area contributed by atoms with E-state index in [1.165, 1.54) is 7.11 Å². The van der Waals surface area contributed by atoms with Gasteiger partial charge in [-0.3, -0.25) is 4.79 Å². The molecule has 1 aromatic carbocycles. The molecule has 0 saturated carbocycles. The topological polar surface area (TPSA) is 84.6 Å². The van der Waals surface area contributed by atoms with Crippen LogP contribution in [0.4, 0.5) is 5.69 Å². The maximum atomic E-state index is 12.0. The molecule has 1 rings (SSSR count). The maximum Gasteiger partial charge on any atom is 0.255 e. The van der Waals surface area contributed by atoms with E-state index >= 15 is 0 Å². The van der Waals surface area contributed by atoms with Crippen LogP contribution >= 0.6 is 0 Å². The fourth-order valence-electron chi connectivity index (χ4n) is 1.67. The van der Waals surface area contributed by atoms with E-state index in [2.05, 4.69) is 5.32 Å². The van der Waals surface area contributed by atoms with E-state index < -0.39 is 0 Å². The fraction of sp³-hybridized carbons (Fsp3) is 0.462. The standard InChI is InChI=1S/C13H20N2O3/c1-9(4-3-7-16)15-13(17)11-8-10(14)5-6-12(11)18-2/h5-6,8-9,16H,3-4,7,14H2,1-2H3,(H,15,17). The molecule has 1 atom stereocenters. The molecule has 0 spiro atoms. The van der Waals surface area contributed by atoms with Gasteiger partial charge in [-0.1, -0.05) is 0 Å². The number of anilines is 1. The largest absolute Gasteiger partial charge is 0.496 e. The van der Waals surface area contributed by atoms with E-state index in [1.807, 2.05) is 6.92 Å². The highest BCUT2D eigenvalue weighted by atomic mass is 16.5. The Bertz CT molecular complexity index is 407. The van der Waals surface area contributed by atoms with Crippen LogP contribution in [0, 0.1) is 0 Å². The highest BCUT2D eigenvalue weighted by Gasteiger charge is 2.14. The van der Waals surface area contributed by atoms with E-state index in [-0.39, 0.29) is 18.6 Å². The van der Waals surface area contributed by atoms with Crippen LogP contribution in [0.25, 0.3) is 0 Å². The van der Waals surface area contributed by atoms with E-state index in [1.54, 1.807) is 18.2 Å². The van der Waals surface area contributed by atoms with Crippen molar-refractivity contribution in [1.82, 2.24) is 5.32 Å². The number of ether oxygens (including phenoxy) is 1. The third-order valence-corrected chi connectivity index (χ3v) is 2.64. The number of carbonyl (C=O) groups is 1. The minimum absolute atomic E-state index is 0.00390. The van der Waals surface area contributed by atoms with Crippen molar-refractivity contribution in [3.8, 4) is 5.75 Å². The van der Waals surface area contributed by atoms with E-state index in [0.29, 0.717) is 23.4 Å². The molecule has 0 saturated heterocycles. The number of nitrogens with one attached hydrogen (secondary N) is 1. The SMILES string of the molecule is COc1ccc(N)cc1C(=O)NC(C)CCCO. The summed E-state index contributed by atoms with van der Waals surface area (Å²) in [6, 6.07) is 4.94. The van der Waals surface area contributed by atoms with Crippen LogP contribution in [-0.4, -0.2) is 30.8 Å². The van der Waals surface area contributed by atoms with Crippen LogP contribution in [-0.2, 0) is 0 Å². The number of rotatable bonds is 6. The van der Waals surface area contributed by atoms with Crippen molar-refractivity contribution < 1.29 is 14.6 Å². The predicted molar refractivity (Wildman–Crippen MR) is 70.7 cm³/mol. The molecule has 5 nitrogen and oxygen atoms in total. The summed E-state index contributed by atoms with van der Waals surface area (Å²) in [6.45, 7) is 2.02. The molecular weight excluding hydrogens is 232 g/mol. The molecule has 0 aromatic heterocycles. The summed E-state index contributed by atoms with van der Waals surface area (Å²) < 4.78 is 5.13. The molecule has 1 amide bonds. The third kappa shape index (κ3) is 3.92. The Morgan fingerprint density at radius 3 is 2.89 bits per heavy atom. The smallest absolute Gasteiger partial charge is 0.255 e. The van der Waals surface area contributed by atoms with Crippen LogP contribution in [0.1, 0.15) is 30.1 Å². The molecule has 1 aromatic rings. The zero-order valence-corrected chi connectivity index (χ0v) is 10.8. The second-order valence-corrected chi connectivity index (χ2v) is 4.20. The average molecular weight is 252 g/mol. The Morgan fingerprint density at radius 2 is 2.28 bits per heavy atom. The number of hydrogen-bond donors (Lipinski definition) is 3. The lowest BCUT2D eigenvalue weighted by Crippen LogP contribution is -2.33. The molecule has 0 aliphatic rings. The molecule has 0 fully saturated rings. The van der Waals surface area contributed by atoms with E-state index in [4.69, 9.17) is 15.6 Å². The first-order valence-corrected chi connectivity index (χ1v) is 5.93. The molecular formula is C13H20N2O3. The summed E-state index contributed by atoms with van der Waals surface area (Å²) in [5.74, 6) is 0.278. The molecule has 1 unspecified atom stereocenters. The van der Waals surface area contributed by atoms with Gasteiger partial charge in [0, 0.05) is 18.3 Å². The van der Waals surface area contributed by atoms with Crippen molar-refractivity contribution in [2.75, 3.05) is 19.5 Å². The van der Waals surface area contributed by atoms with Crippen LogP contribution in [0.2, 0.25) is 0 Å². The molecule has 0 heterocycles. The predicted octanol–water partition coefficient (Wildman–Crippen LogP) is 1.17. The molecule has 0 bridgehead atoms. The van der Waals surface area contributed by atoms with Crippen LogP contribution in [0.5, 0.6) is 5.75 Å². The number of benzene rings is 1. The number of aliphatic hydroxyl groups excluding tert-OH is 1. The zero-order valence-electron chi connectivity index (χ0n) is 10.8. The molecule has 5 heteroatoms. The van der Waals surface area contributed by atoms with Crippen LogP contribution < -0.4 is 15.8 Å². The Balaban J connectivity index is 2.74. The van der Waals surface area contributed by atoms with Crippen molar-refractivity contribution in [3.63, 3.8) is 0 Å². The summed E-state index contributed by atoms with van der Waals surface area (Å²) in [5.41, 5.74) is 6.60. The van der Waals surface area contributed by atoms with Gasteiger partial charge >= 0.3 is 0 Å². The van der Waals surface area contributed by atoms with Crippen molar-refractivity contribution in [2.45, 2.75) is 25.8 Å². The van der Waals surface area contributed by atoms with Gasteiger partial charge in [-0.25, -0.2) is 0 Å². The Labute approximate surface area is 107 Å². The number of methoxy groups -OCH3 is 1. The minimum atomic E-state index is -0.218. The first kappa shape index (κ1) is 14.3. The molecule has 0 aliphatic carbocycles. The molecule has 100 valence electrons. The first-order valence-electron chi connectivity index (χ1n) is 5.93. The Kier molecular flexibility index (Phi) is 5.45. The normalized spacial score (nSPS) is 11.9. The quantitative estimate of drug-likeness (QED) is 0.663. The molecule has 0 radical (unpaired) electrons. The monoisotopic (exact) mass is 252 g/mol.